The molecule has 0 amide bonds. The lowest BCUT2D eigenvalue weighted by Crippen LogP contribution is -2.01. The van der Waals surface area contributed by atoms with Crippen molar-refractivity contribution in [1.82, 2.24) is 4.98 Å². The van der Waals surface area contributed by atoms with Gasteiger partial charge in [-0.25, -0.2) is 0 Å². The zero-order valence-corrected chi connectivity index (χ0v) is 10.2. The number of methoxy groups -OCH3 is 1. The van der Waals surface area contributed by atoms with Crippen LogP contribution in [0.3, 0.4) is 0 Å². The smallest absolute Gasteiger partial charge is 0.119 e. The monoisotopic (exact) mass is 238 g/mol. The molecule has 2 rings (SSSR count). The molecule has 1 heterocycles. The third kappa shape index (κ3) is 2.86. The number of aromatic nitrogens is 1. The normalized spacial score (nSPS) is 11.6. The summed E-state index contributed by atoms with van der Waals surface area (Å²) < 4.78 is 5.18. The van der Waals surface area contributed by atoms with Crippen molar-refractivity contribution in [3.8, 4) is 11.8 Å². The van der Waals surface area contributed by atoms with Gasteiger partial charge in [-0.15, -0.1) is 0 Å². The molecule has 0 saturated heterocycles. The second-order valence-corrected chi connectivity index (χ2v) is 4.02. The van der Waals surface area contributed by atoms with Crippen molar-refractivity contribution in [2.45, 2.75) is 12.3 Å². The van der Waals surface area contributed by atoms with E-state index in [9.17, 15) is 5.26 Å². The third-order valence-electron chi connectivity index (χ3n) is 2.84. The van der Waals surface area contributed by atoms with Crippen LogP contribution >= 0.6 is 0 Å². The molecule has 1 unspecified atom stereocenters. The van der Waals surface area contributed by atoms with Crippen LogP contribution < -0.4 is 4.74 Å². The largest absolute Gasteiger partial charge is 0.497 e. The number of hydrogen-bond acceptors (Lipinski definition) is 3. The van der Waals surface area contributed by atoms with E-state index < -0.39 is 0 Å². The van der Waals surface area contributed by atoms with Crippen molar-refractivity contribution in [3.63, 3.8) is 0 Å². The average Bonchev–Trinajstić information content (AvgIpc) is 2.46. The molecule has 0 fully saturated rings. The molecule has 0 saturated carbocycles. The van der Waals surface area contributed by atoms with Gasteiger partial charge in [0.1, 0.15) is 5.75 Å². The van der Waals surface area contributed by atoms with Crippen LogP contribution in [-0.2, 0) is 6.42 Å². The number of nitriles is 1. The summed E-state index contributed by atoms with van der Waals surface area (Å²) in [6, 6.07) is 13.9. The summed E-state index contributed by atoms with van der Waals surface area (Å²) in [5, 5.41) is 9.30. The molecule has 0 aliphatic heterocycles. The van der Waals surface area contributed by atoms with E-state index >= 15 is 0 Å². The summed E-state index contributed by atoms with van der Waals surface area (Å²) in [6.45, 7) is 0. The second kappa shape index (κ2) is 5.83. The Morgan fingerprint density at radius 2 is 2.06 bits per heavy atom. The molecule has 1 aromatic carbocycles. The standard InChI is InChI=1S/C15H14N2O/c1-18-15-4-2-3-13(10-15)14(11-16)9-12-5-7-17-8-6-12/h2-8,10,14H,9H2,1H3. The van der Waals surface area contributed by atoms with E-state index in [1.54, 1.807) is 19.5 Å². The first-order valence-corrected chi connectivity index (χ1v) is 5.76. The van der Waals surface area contributed by atoms with E-state index in [2.05, 4.69) is 11.1 Å². The van der Waals surface area contributed by atoms with Gasteiger partial charge < -0.3 is 4.74 Å². The zero-order valence-electron chi connectivity index (χ0n) is 10.2. The number of pyridine rings is 1. The van der Waals surface area contributed by atoms with Gasteiger partial charge in [-0.05, 0) is 41.8 Å². The molecule has 90 valence electrons. The Morgan fingerprint density at radius 1 is 1.28 bits per heavy atom. The van der Waals surface area contributed by atoms with Crippen LogP contribution in [-0.4, -0.2) is 12.1 Å². The number of nitrogens with zero attached hydrogens (tertiary/aromatic N) is 2. The summed E-state index contributed by atoms with van der Waals surface area (Å²) >= 11 is 0. The lowest BCUT2D eigenvalue weighted by atomic mass is 9.93. The van der Waals surface area contributed by atoms with Crippen molar-refractivity contribution in [3.05, 3.63) is 59.9 Å². The van der Waals surface area contributed by atoms with E-state index in [1.807, 2.05) is 36.4 Å². The molecule has 0 spiro atoms. The number of rotatable bonds is 4. The van der Waals surface area contributed by atoms with E-state index in [0.29, 0.717) is 6.42 Å². The molecule has 3 heteroatoms. The van der Waals surface area contributed by atoms with Crippen molar-refractivity contribution < 1.29 is 4.74 Å². The lowest BCUT2D eigenvalue weighted by molar-refractivity contribution is 0.414. The summed E-state index contributed by atoms with van der Waals surface area (Å²) in [4.78, 5) is 3.98. The van der Waals surface area contributed by atoms with E-state index in [-0.39, 0.29) is 5.92 Å². The molecule has 2 aromatic rings. The van der Waals surface area contributed by atoms with Crippen molar-refractivity contribution in [2.24, 2.45) is 0 Å². The van der Waals surface area contributed by atoms with Crippen LogP contribution in [0.2, 0.25) is 0 Å². The molecular weight excluding hydrogens is 224 g/mol. The molecule has 18 heavy (non-hydrogen) atoms. The van der Waals surface area contributed by atoms with Gasteiger partial charge in [-0.3, -0.25) is 4.98 Å². The highest BCUT2D eigenvalue weighted by Gasteiger charge is 2.12. The highest BCUT2D eigenvalue weighted by atomic mass is 16.5. The Labute approximate surface area is 107 Å². The van der Waals surface area contributed by atoms with Gasteiger partial charge in [-0.1, -0.05) is 12.1 Å². The highest BCUT2D eigenvalue weighted by molar-refractivity contribution is 5.34. The first kappa shape index (κ1) is 12.1. The molecule has 0 aliphatic carbocycles. The van der Waals surface area contributed by atoms with Gasteiger partial charge in [0, 0.05) is 12.4 Å². The fourth-order valence-electron chi connectivity index (χ4n) is 1.85. The number of hydrogen-bond donors (Lipinski definition) is 0. The summed E-state index contributed by atoms with van der Waals surface area (Å²) in [6.07, 6.45) is 4.18. The summed E-state index contributed by atoms with van der Waals surface area (Å²) in [5.74, 6) is 0.616. The minimum Gasteiger partial charge on any atom is -0.497 e. The van der Waals surface area contributed by atoms with Gasteiger partial charge in [0.15, 0.2) is 0 Å². The minimum absolute atomic E-state index is 0.164. The molecule has 0 aliphatic rings. The van der Waals surface area contributed by atoms with E-state index in [4.69, 9.17) is 4.74 Å². The zero-order chi connectivity index (χ0) is 12.8. The fraction of sp³-hybridized carbons (Fsp3) is 0.200. The van der Waals surface area contributed by atoms with Gasteiger partial charge in [0.05, 0.1) is 19.1 Å². The fourth-order valence-corrected chi connectivity index (χ4v) is 1.85. The minimum atomic E-state index is -0.164. The Kier molecular flexibility index (Phi) is 3.93. The predicted molar refractivity (Wildman–Crippen MR) is 69.3 cm³/mol. The van der Waals surface area contributed by atoms with Crippen LogP contribution in [0, 0.1) is 11.3 Å². The van der Waals surface area contributed by atoms with Crippen molar-refractivity contribution in [1.29, 1.82) is 5.26 Å². The third-order valence-corrected chi connectivity index (χ3v) is 2.84. The molecular formula is C15H14N2O. The van der Waals surface area contributed by atoms with Crippen LogP contribution in [0.5, 0.6) is 5.75 Å². The predicted octanol–water partition coefficient (Wildman–Crippen LogP) is 2.94. The van der Waals surface area contributed by atoms with Gasteiger partial charge in [0.2, 0.25) is 0 Å². The quantitative estimate of drug-likeness (QED) is 0.822. The van der Waals surface area contributed by atoms with Crippen LogP contribution in [0.1, 0.15) is 17.0 Å². The SMILES string of the molecule is COc1cccc(C(C#N)Cc2ccncc2)c1. The molecule has 0 radical (unpaired) electrons. The topological polar surface area (TPSA) is 45.9 Å². The second-order valence-electron chi connectivity index (χ2n) is 4.02. The Hall–Kier alpha value is -2.34. The molecule has 1 atom stereocenters. The Balaban J connectivity index is 2.21. The van der Waals surface area contributed by atoms with Gasteiger partial charge >= 0.3 is 0 Å². The van der Waals surface area contributed by atoms with Crippen LogP contribution in [0.15, 0.2) is 48.8 Å². The Morgan fingerprint density at radius 3 is 2.72 bits per heavy atom. The Bertz CT molecular complexity index is 546. The first-order chi connectivity index (χ1) is 8.83. The van der Waals surface area contributed by atoms with Crippen LogP contribution in [0.4, 0.5) is 0 Å². The highest BCUT2D eigenvalue weighted by Crippen LogP contribution is 2.23. The van der Waals surface area contributed by atoms with E-state index in [1.165, 1.54) is 0 Å². The maximum absolute atomic E-state index is 9.30. The molecule has 0 N–H and O–H groups in total. The number of benzene rings is 1. The summed E-state index contributed by atoms with van der Waals surface area (Å²) in [5.41, 5.74) is 2.09. The van der Waals surface area contributed by atoms with E-state index in [0.717, 1.165) is 16.9 Å². The summed E-state index contributed by atoms with van der Waals surface area (Å²) in [7, 11) is 1.63. The van der Waals surface area contributed by atoms with Crippen molar-refractivity contribution in [2.75, 3.05) is 7.11 Å². The van der Waals surface area contributed by atoms with Gasteiger partial charge in [-0.2, -0.15) is 5.26 Å². The first-order valence-electron chi connectivity index (χ1n) is 5.76. The maximum Gasteiger partial charge on any atom is 0.119 e. The van der Waals surface area contributed by atoms with Crippen LogP contribution in [0.25, 0.3) is 0 Å². The van der Waals surface area contributed by atoms with Crippen molar-refractivity contribution >= 4 is 0 Å². The molecule has 1 aromatic heterocycles. The maximum atomic E-state index is 9.30. The lowest BCUT2D eigenvalue weighted by Gasteiger charge is -2.10. The molecule has 0 bridgehead atoms. The van der Waals surface area contributed by atoms with Gasteiger partial charge in [0.25, 0.3) is 0 Å². The average molecular weight is 238 g/mol. The molecule has 3 nitrogen and oxygen atoms in total. The number of ether oxygens (including phenoxy) is 1.